The molecule has 1 atom stereocenters. The predicted molar refractivity (Wildman–Crippen MR) is 152 cm³/mol. The van der Waals surface area contributed by atoms with Gasteiger partial charge in [-0.05, 0) is 30.9 Å². The first-order chi connectivity index (χ1) is 17.7. The number of phenolic OH excluding ortho intramolecular Hbond substituents is 1. The molecule has 0 fully saturated rings. The number of hydrogen-bond acceptors (Lipinski definition) is 3. The SMILES string of the molecule is CCCCCCCCCCCCC(CCCC)CCCOc1cccc(C(=O)c2ccccc2)c1O. The fourth-order valence-corrected chi connectivity index (χ4v) is 4.97. The number of aromatic hydroxyl groups is 1. The van der Waals surface area contributed by atoms with Crippen molar-refractivity contribution in [1.82, 2.24) is 0 Å². The van der Waals surface area contributed by atoms with E-state index in [1.54, 1.807) is 30.3 Å². The van der Waals surface area contributed by atoms with Gasteiger partial charge in [-0.1, -0.05) is 140 Å². The van der Waals surface area contributed by atoms with Crippen molar-refractivity contribution in [3.63, 3.8) is 0 Å². The number of carbonyl (C=O) groups excluding carboxylic acids is 1. The molecule has 0 saturated heterocycles. The lowest BCUT2D eigenvalue weighted by atomic mass is 9.91. The summed E-state index contributed by atoms with van der Waals surface area (Å²) in [6, 6.07) is 14.2. The second-order valence-electron chi connectivity index (χ2n) is 10.3. The lowest BCUT2D eigenvalue weighted by Gasteiger charge is -2.17. The number of benzene rings is 2. The average Bonchev–Trinajstić information content (AvgIpc) is 2.91. The molecule has 0 aliphatic carbocycles. The lowest BCUT2D eigenvalue weighted by Crippen LogP contribution is -2.06. The van der Waals surface area contributed by atoms with Crippen molar-refractivity contribution >= 4 is 5.78 Å². The summed E-state index contributed by atoms with van der Waals surface area (Å²) in [5, 5.41) is 10.7. The van der Waals surface area contributed by atoms with Crippen molar-refractivity contribution in [2.45, 2.75) is 117 Å². The molecule has 1 unspecified atom stereocenters. The van der Waals surface area contributed by atoms with Crippen LogP contribution >= 0.6 is 0 Å². The minimum Gasteiger partial charge on any atom is -0.504 e. The normalized spacial score (nSPS) is 11.9. The van der Waals surface area contributed by atoms with Gasteiger partial charge < -0.3 is 9.84 Å². The molecule has 200 valence electrons. The quantitative estimate of drug-likeness (QED) is 0.139. The van der Waals surface area contributed by atoms with Gasteiger partial charge in [-0.15, -0.1) is 0 Å². The van der Waals surface area contributed by atoms with E-state index in [0.717, 1.165) is 12.3 Å². The van der Waals surface area contributed by atoms with E-state index in [1.807, 2.05) is 18.2 Å². The smallest absolute Gasteiger partial charge is 0.196 e. The third-order valence-electron chi connectivity index (χ3n) is 7.23. The molecule has 0 radical (unpaired) electrons. The number of carbonyl (C=O) groups is 1. The molecule has 0 saturated carbocycles. The van der Waals surface area contributed by atoms with Crippen LogP contribution in [0.1, 0.15) is 133 Å². The van der Waals surface area contributed by atoms with E-state index >= 15 is 0 Å². The van der Waals surface area contributed by atoms with Crippen molar-refractivity contribution in [3.8, 4) is 11.5 Å². The third kappa shape index (κ3) is 11.6. The zero-order valence-corrected chi connectivity index (χ0v) is 23.0. The van der Waals surface area contributed by atoms with Gasteiger partial charge in [-0.3, -0.25) is 4.79 Å². The van der Waals surface area contributed by atoms with Crippen LogP contribution in [0.3, 0.4) is 0 Å². The monoisotopic (exact) mass is 494 g/mol. The van der Waals surface area contributed by atoms with Crippen LogP contribution in [0.2, 0.25) is 0 Å². The van der Waals surface area contributed by atoms with Crippen LogP contribution in [0, 0.1) is 5.92 Å². The molecule has 0 amide bonds. The summed E-state index contributed by atoms with van der Waals surface area (Å²) in [6.45, 7) is 5.12. The summed E-state index contributed by atoms with van der Waals surface area (Å²) >= 11 is 0. The minimum atomic E-state index is -0.185. The topological polar surface area (TPSA) is 46.5 Å². The highest BCUT2D eigenvalue weighted by molar-refractivity contribution is 6.11. The van der Waals surface area contributed by atoms with E-state index in [2.05, 4.69) is 13.8 Å². The van der Waals surface area contributed by atoms with Gasteiger partial charge in [0.25, 0.3) is 0 Å². The fourth-order valence-electron chi connectivity index (χ4n) is 4.97. The van der Waals surface area contributed by atoms with Crippen LogP contribution in [0.4, 0.5) is 0 Å². The predicted octanol–water partition coefficient (Wildman–Crippen LogP) is 9.90. The first kappa shape index (κ1) is 29.9. The number of ether oxygens (including phenoxy) is 1. The standard InChI is InChI=1S/C33H50O3/c1-3-5-7-8-9-10-11-12-13-15-21-28(20-6-4-2)22-19-27-36-31-26-18-25-30(33(31)35)32(34)29-23-16-14-17-24-29/h14,16-18,23-26,28,35H,3-13,15,19-22,27H2,1-2H3. The van der Waals surface area contributed by atoms with Gasteiger partial charge in [0, 0.05) is 5.56 Å². The van der Waals surface area contributed by atoms with Gasteiger partial charge in [0.1, 0.15) is 0 Å². The second kappa shape index (κ2) is 18.9. The molecular weight excluding hydrogens is 444 g/mol. The summed E-state index contributed by atoms with van der Waals surface area (Å²) in [5.41, 5.74) is 0.858. The maximum Gasteiger partial charge on any atom is 0.196 e. The van der Waals surface area contributed by atoms with Crippen LogP contribution in [0.5, 0.6) is 11.5 Å². The Morgan fingerprint density at radius 2 is 1.28 bits per heavy atom. The first-order valence-electron chi connectivity index (χ1n) is 14.7. The van der Waals surface area contributed by atoms with Crippen molar-refractivity contribution in [3.05, 3.63) is 59.7 Å². The lowest BCUT2D eigenvalue weighted by molar-refractivity contribution is 0.103. The largest absolute Gasteiger partial charge is 0.504 e. The molecule has 3 heteroatoms. The molecule has 1 N–H and O–H groups in total. The third-order valence-corrected chi connectivity index (χ3v) is 7.23. The molecule has 2 rings (SSSR count). The molecule has 0 aliphatic rings. The minimum absolute atomic E-state index is 0.0563. The molecule has 3 nitrogen and oxygen atoms in total. The summed E-state index contributed by atoms with van der Waals surface area (Å²) < 4.78 is 5.92. The number of phenols is 1. The van der Waals surface area contributed by atoms with Gasteiger partial charge >= 0.3 is 0 Å². The molecule has 0 heterocycles. The Kier molecular flexibility index (Phi) is 15.7. The zero-order valence-electron chi connectivity index (χ0n) is 23.0. The van der Waals surface area contributed by atoms with E-state index in [9.17, 15) is 9.90 Å². The Morgan fingerprint density at radius 1 is 0.694 bits per heavy atom. The van der Waals surface area contributed by atoms with Crippen LogP contribution < -0.4 is 4.74 Å². The van der Waals surface area contributed by atoms with Crippen LogP contribution in [0.25, 0.3) is 0 Å². The van der Waals surface area contributed by atoms with Gasteiger partial charge in [0.15, 0.2) is 17.3 Å². The summed E-state index contributed by atoms with van der Waals surface area (Å²) in [4.78, 5) is 12.8. The van der Waals surface area contributed by atoms with E-state index < -0.39 is 0 Å². The molecule has 36 heavy (non-hydrogen) atoms. The van der Waals surface area contributed by atoms with Crippen molar-refractivity contribution in [1.29, 1.82) is 0 Å². The Bertz CT molecular complexity index is 830. The maximum atomic E-state index is 12.8. The molecule has 0 spiro atoms. The highest BCUT2D eigenvalue weighted by Crippen LogP contribution is 2.32. The highest BCUT2D eigenvalue weighted by Gasteiger charge is 2.17. The van der Waals surface area contributed by atoms with Crippen LogP contribution in [-0.4, -0.2) is 17.5 Å². The van der Waals surface area contributed by atoms with E-state index in [4.69, 9.17) is 4.74 Å². The average molecular weight is 495 g/mol. The summed E-state index contributed by atoms with van der Waals surface area (Å²) in [6.07, 6.45) is 21.2. The van der Waals surface area contributed by atoms with E-state index in [-0.39, 0.29) is 11.5 Å². The number of unbranched alkanes of at least 4 members (excludes halogenated alkanes) is 10. The molecule has 0 aromatic heterocycles. The Hall–Kier alpha value is -2.29. The van der Waals surface area contributed by atoms with Gasteiger partial charge in [0.2, 0.25) is 0 Å². The van der Waals surface area contributed by atoms with Crippen molar-refractivity contribution in [2.75, 3.05) is 6.61 Å². The zero-order chi connectivity index (χ0) is 25.8. The Labute approximate surface area is 220 Å². The summed E-state index contributed by atoms with van der Waals surface area (Å²) in [7, 11) is 0. The number of hydrogen-bond donors (Lipinski definition) is 1. The van der Waals surface area contributed by atoms with Gasteiger partial charge in [-0.2, -0.15) is 0 Å². The van der Waals surface area contributed by atoms with Crippen molar-refractivity contribution in [2.24, 2.45) is 5.92 Å². The van der Waals surface area contributed by atoms with Crippen LogP contribution in [0.15, 0.2) is 48.5 Å². The maximum absolute atomic E-state index is 12.8. The van der Waals surface area contributed by atoms with Crippen LogP contribution in [-0.2, 0) is 0 Å². The molecule has 2 aromatic carbocycles. The molecule has 2 aromatic rings. The van der Waals surface area contributed by atoms with Crippen molar-refractivity contribution < 1.29 is 14.6 Å². The highest BCUT2D eigenvalue weighted by atomic mass is 16.5. The van der Waals surface area contributed by atoms with E-state index in [1.165, 1.54) is 96.3 Å². The summed E-state index contributed by atoms with van der Waals surface area (Å²) in [5.74, 6) is 0.924. The molecule has 0 bridgehead atoms. The van der Waals surface area contributed by atoms with Gasteiger partial charge in [0.05, 0.1) is 12.2 Å². The molecule has 0 aliphatic heterocycles. The second-order valence-corrected chi connectivity index (χ2v) is 10.3. The fraction of sp³-hybridized carbons (Fsp3) is 0.606. The Balaban J connectivity index is 1.69. The van der Waals surface area contributed by atoms with E-state index in [0.29, 0.717) is 23.5 Å². The van der Waals surface area contributed by atoms with Gasteiger partial charge in [-0.25, -0.2) is 0 Å². The Morgan fingerprint density at radius 3 is 1.94 bits per heavy atom. The molecular formula is C33H50O3. The first-order valence-corrected chi connectivity index (χ1v) is 14.7. The number of para-hydroxylation sites is 1. The number of rotatable bonds is 21. The number of ketones is 1.